The highest BCUT2D eigenvalue weighted by molar-refractivity contribution is 8.17. The number of hydrogen-bond donors (Lipinski definition) is 1. The third kappa shape index (κ3) is 30.6. The first-order chi connectivity index (χ1) is 25.4. The molecule has 3 aromatic rings. The Hall–Kier alpha value is -1.62. The van der Waals surface area contributed by atoms with Crippen molar-refractivity contribution < 1.29 is 31.4 Å². The van der Waals surface area contributed by atoms with E-state index in [-0.39, 0.29) is 15.8 Å². The maximum Gasteiger partial charge on any atom is 0.354 e. The fraction of sp³-hybridized carbons (Fsp3) is 0.538. The van der Waals surface area contributed by atoms with E-state index in [0.29, 0.717) is 30.6 Å². The van der Waals surface area contributed by atoms with E-state index in [0.717, 1.165) is 17.1 Å². The first-order valence-corrected chi connectivity index (χ1v) is 22.0. The van der Waals surface area contributed by atoms with Gasteiger partial charge in [-0.25, -0.2) is 0 Å². The Kier molecular flexibility index (Phi) is 35.2. The van der Waals surface area contributed by atoms with Gasteiger partial charge in [-0.05, 0) is 111 Å². The lowest BCUT2D eigenvalue weighted by molar-refractivity contribution is -0.102. The molecule has 0 amide bonds. The number of rotatable bonds is 13. The highest BCUT2D eigenvalue weighted by atomic mass is 32.2. The van der Waals surface area contributed by atoms with Crippen molar-refractivity contribution in [1.29, 1.82) is 0 Å². The van der Waals surface area contributed by atoms with Crippen molar-refractivity contribution in [2.24, 2.45) is 0 Å². The first kappa shape index (κ1) is 56.7. The molecular formula is C39H61BF3O6S5. The van der Waals surface area contributed by atoms with Crippen molar-refractivity contribution in [3.8, 4) is 0 Å². The van der Waals surface area contributed by atoms with Crippen LogP contribution in [0.25, 0.3) is 0 Å². The van der Waals surface area contributed by atoms with Gasteiger partial charge in [0.15, 0.2) is 6.29 Å². The predicted molar refractivity (Wildman–Crippen MR) is 235 cm³/mol. The SMILES string of the molecule is CC[B]F.COC(CC[S@@](=O)C(C)(C)C)OC.Cc1ccc(S)cc1.Cc1ccc(SC(CC[S@@](=O)C(C)(C)C)Sc2ccc(C)cc2)cc1.FF.O=O. The Morgan fingerprint density at radius 2 is 0.963 bits per heavy atom. The Bertz CT molecular complexity index is 1300. The molecule has 0 aliphatic rings. The minimum atomic E-state index is -0.821. The van der Waals surface area contributed by atoms with E-state index in [1.165, 1.54) is 26.5 Å². The summed E-state index contributed by atoms with van der Waals surface area (Å²) in [6, 6.07) is 25.4. The predicted octanol–water partition coefficient (Wildman–Crippen LogP) is 12.2. The quantitative estimate of drug-likeness (QED) is 0.0787. The van der Waals surface area contributed by atoms with Crippen LogP contribution in [0.5, 0.6) is 0 Å². The third-order valence-corrected chi connectivity index (χ3v) is 13.6. The highest BCUT2D eigenvalue weighted by Crippen LogP contribution is 2.38. The van der Waals surface area contributed by atoms with Gasteiger partial charge in [0, 0.05) is 97.0 Å². The van der Waals surface area contributed by atoms with Gasteiger partial charge in [0.05, 0.1) is 4.58 Å². The van der Waals surface area contributed by atoms with Gasteiger partial charge in [0.2, 0.25) is 0 Å². The molecule has 0 unspecified atom stereocenters. The van der Waals surface area contributed by atoms with E-state index >= 15 is 0 Å². The molecule has 0 bridgehead atoms. The van der Waals surface area contributed by atoms with Crippen LogP contribution in [-0.4, -0.2) is 62.1 Å². The number of aryl methyl sites for hydroxylation is 3. The second-order valence-corrected chi connectivity index (χ2v) is 21.5. The van der Waals surface area contributed by atoms with Crippen LogP contribution < -0.4 is 0 Å². The molecule has 0 fully saturated rings. The van der Waals surface area contributed by atoms with Gasteiger partial charge in [0.1, 0.15) is 0 Å². The topological polar surface area (TPSA) is 86.7 Å². The van der Waals surface area contributed by atoms with Crippen molar-refractivity contribution in [3.63, 3.8) is 0 Å². The van der Waals surface area contributed by atoms with Gasteiger partial charge in [-0.15, -0.1) is 36.2 Å². The normalized spacial score (nSPS) is 11.7. The molecule has 0 heterocycles. The number of halogens is 3. The second kappa shape index (κ2) is 33.5. The number of thioether (sulfide) groups is 2. The maximum absolute atomic E-state index is 12.5. The van der Waals surface area contributed by atoms with Crippen LogP contribution >= 0.6 is 36.2 Å². The molecule has 3 aromatic carbocycles. The molecule has 2 atom stereocenters. The molecule has 307 valence electrons. The maximum atomic E-state index is 12.5. The summed E-state index contributed by atoms with van der Waals surface area (Å²) in [6.45, 7) is 20.1. The summed E-state index contributed by atoms with van der Waals surface area (Å²) in [5.41, 5.74) is 3.84. The monoisotopic (exact) mass is 853 g/mol. The largest absolute Gasteiger partial charge is 0.356 e. The Labute approximate surface area is 343 Å². The van der Waals surface area contributed by atoms with Crippen LogP contribution in [0.4, 0.5) is 13.5 Å². The van der Waals surface area contributed by atoms with Crippen molar-refractivity contribution >= 4 is 65.3 Å². The molecule has 1 radical (unpaired) electrons. The van der Waals surface area contributed by atoms with E-state index in [1.54, 1.807) is 21.1 Å². The summed E-state index contributed by atoms with van der Waals surface area (Å²) in [4.78, 5) is 17.6. The van der Waals surface area contributed by atoms with Crippen LogP contribution in [0.15, 0.2) is 87.5 Å². The number of thiol groups is 1. The van der Waals surface area contributed by atoms with E-state index in [2.05, 4.69) is 103 Å². The van der Waals surface area contributed by atoms with Crippen LogP contribution in [0.1, 0.15) is 78.0 Å². The lowest BCUT2D eigenvalue weighted by atomic mass is 10.0. The molecule has 15 heteroatoms. The number of benzene rings is 3. The summed E-state index contributed by atoms with van der Waals surface area (Å²) >= 11 is 7.89. The van der Waals surface area contributed by atoms with Crippen molar-refractivity contribution in [2.45, 2.75) is 123 Å². The Morgan fingerprint density at radius 1 is 0.667 bits per heavy atom. The zero-order valence-electron chi connectivity index (χ0n) is 33.9. The molecule has 0 aromatic heterocycles. The molecule has 54 heavy (non-hydrogen) atoms. The van der Waals surface area contributed by atoms with Crippen molar-refractivity contribution in [1.82, 2.24) is 0 Å². The average molecular weight is 854 g/mol. The molecule has 0 saturated heterocycles. The second-order valence-electron chi connectivity index (χ2n) is 13.5. The fourth-order valence-electron chi connectivity index (χ4n) is 3.57. The average Bonchev–Trinajstić information content (AvgIpc) is 3.15. The van der Waals surface area contributed by atoms with E-state index in [4.69, 9.17) is 28.6 Å². The van der Waals surface area contributed by atoms with Crippen molar-refractivity contribution in [3.05, 3.63) is 99.4 Å². The van der Waals surface area contributed by atoms with Gasteiger partial charge in [-0.1, -0.05) is 60.0 Å². The Morgan fingerprint density at radius 3 is 1.22 bits per heavy atom. The van der Waals surface area contributed by atoms with Gasteiger partial charge >= 0.3 is 7.56 Å². The molecule has 3 rings (SSSR count). The summed E-state index contributed by atoms with van der Waals surface area (Å²) in [7, 11) is 2.18. The van der Waals surface area contributed by atoms with E-state index < -0.39 is 21.6 Å². The molecule has 0 saturated carbocycles. The molecule has 6 nitrogen and oxygen atoms in total. The molecule has 0 N–H and O–H groups in total. The van der Waals surface area contributed by atoms with E-state index in [1.807, 2.05) is 68.6 Å². The van der Waals surface area contributed by atoms with Crippen LogP contribution in [0.2, 0.25) is 6.32 Å². The van der Waals surface area contributed by atoms with Gasteiger partial charge in [-0.2, -0.15) is 0 Å². The van der Waals surface area contributed by atoms with Gasteiger partial charge in [-0.3, -0.25) is 8.42 Å². The van der Waals surface area contributed by atoms with Crippen LogP contribution in [0.3, 0.4) is 0 Å². The zero-order valence-corrected chi connectivity index (χ0v) is 38.0. The molecular weight excluding hydrogens is 793 g/mol. The third-order valence-electron chi connectivity index (χ3n) is 6.74. The lowest BCUT2D eigenvalue weighted by Gasteiger charge is -2.21. The lowest BCUT2D eigenvalue weighted by Crippen LogP contribution is -2.26. The fourth-order valence-corrected chi connectivity index (χ4v) is 8.63. The smallest absolute Gasteiger partial charge is 0.354 e. The molecule has 0 aliphatic carbocycles. The first-order valence-electron chi connectivity index (χ1n) is 17.1. The summed E-state index contributed by atoms with van der Waals surface area (Å²) in [6.07, 6.45) is 1.91. The van der Waals surface area contributed by atoms with Crippen molar-refractivity contribution in [2.75, 3.05) is 25.7 Å². The number of methoxy groups -OCH3 is 2. The minimum absolute atomic E-state index is 0.145. The summed E-state index contributed by atoms with van der Waals surface area (Å²) in [5.74, 6) is 1.36. The van der Waals surface area contributed by atoms with Crippen LogP contribution in [-0.2, 0) is 31.1 Å². The highest BCUT2D eigenvalue weighted by Gasteiger charge is 2.22. The zero-order chi connectivity index (χ0) is 42.3. The van der Waals surface area contributed by atoms with Gasteiger partial charge in [0.25, 0.3) is 0 Å². The standard InChI is InChI=1S/C21H28OS3.C9H20O3S.C7H8S.C2H5BF.F2.O2/c1-16-6-10-18(11-7-16)23-20(14-15-25(22)21(3,4)5)24-19-12-8-17(2)9-13-19;1-9(2,3)13(10)7-6-8(11-4)12-5;1-6-2-4-7(8)5-3-6;1-2-3-4;2*1-2/h6-13,20H,14-15H2,1-5H3;8H,6-7H2,1-5H3;2-5,8H,1H3;2H2,1H3;;/t25-;13-;;;;/m11..../s1. The van der Waals surface area contributed by atoms with Crippen LogP contribution in [0, 0.1) is 30.7 Å². The van der Waals surface area contributed by atoms with E-state index in [9.17, 15) is 12.7 Å². The number of hydrogen-bond acceptors (Lipinski definition) is 9. The molecule has 0 spiro atoms. The molecule has 0 aliphatic heterocycles. The van der Waals surface area contributed by atoms with Gasteiger partial charge < -0.3 is 13.8 Å². The summed E-state index contributed by atoms with van der Waals surface area (Å²) in [5, 5.41) is 0. The minimum Gasteiger partial charge on any atom is -0.356 e. The number of ether oxygens (including phenoxy) is 2. The Balaban J connectivity index is -0.000000745. The summed E-state index contributed by atoms with van der Waals surface area (Å²) < 4.78 is 60.7.